The second-order valence-electron chi connectivity index (χ2n) is 16.5. The molecule has 0 aromatic heterocycles. The summed E-state index contributed by atoms with van der Waals surface area (Å²) in [6.07, 6.45) is 2.38. The number of ketones is 1. The van der Waals surface area contributed by atoms with Crippen molar-refractivity contribution in [2.24, 2.45) is 17.8 Å². The lowest BCUT2D eigenvalue weighted by molar-refractivity contribution is -0.297. The third-order valence-electron chi connectivity index (χ3n) is 11.6. The van der Waals surface area contributed by atoms with E-state index in [2.05, 4.69) is 11.8 Å². The molecule has 0 saturated carbocycles. The molecule has 0 radical (unpaired) electrons. The molecule has 298 valence electrons. The molecule has 1 aromatic carbocycles. The van der Waals surface area contributed by atoms with E-state index in [-0.39, 0.29) is 43.1 Å². The zero-order valence-electron chi connectivity index (χ0n) is 33.9. The highest BCUT2D eigenvalue weighted by atomic mass is 16.7. The topological polar surface area (TPSA) is 127 Å². The monoisotopic (exact) mass is 742 g/mol. The summed E-state index contributed by atoms with van der Waals surface area (Å²) in [4.78, 5) is 32.3. The summed E-state index contributed by atoms with van der Waals surface area (Å²) in [7, 11) is 5.83. The number of carbonyl (C=O) groups is 2. The smallest absolute Gasteiger partial charge is 0.316 e. The summed E-state index contributed by atoms with van der Waals surface area (Å²) >= 11 is 0. The maximum Gasteiger partial charge on any atom is 0.316 e. The first-order chi connectivity index (χ1) is 24.9. The predicted molar refractivity (Wildman–Crippen MR) is 205 cm³/mol. The van der Waals surface area contributed by atoms with E-state index in [1.807, 2.05) is 102 Å². The van der Waals surface area contributed by atoms with E-state index in [9.17, 15) is 19.8 Å². The number of Topliss-reactive ketones (excluding diaryl/α,β-unsaturated/α-hetero) is 1. The van der Waals surface area contributed by atoms with Gasteiger partial charge in [-0.25, -0.2) is 0 Å². The van der Waals surface area contributed by atoms with E-state index in [1.54, 1.807) is 13.8 Å². The van der Waals surface area contributed by atoms with E-state index >= 15 is 0 Å². The minimum absolute atomic E-state index is 0.0179. The first-order valence-electron chi connectivity index (χ1n) is 19.4. The second-order valence-corrected chi connectivity index (χ2v) is 16.5. The van der Waals surface area contributed by atoms with Crippen LogP contribution in [0.3, 0.4) is 0 Å². The number of fused-ring (bicyclic) bond motifs is 15. The molecular weight excluding hydrogens is 676 g/mol. The van der Waals surface area contributed by atoms with Crippen LogP contribution >= 0.6 is 0 Å². The van der Waals surface area contributed by atoms with Crippen LogP contribution in [0.25, 0.3) is 6.08 Å². The molecule has 0 amide bonds. The number of carbonyl (C=O) groups excluding carboxylic acids is 2. The zero-order valence-corrected chi connectivity index (χ0v) is 33.9. The van der Waals surface area contributed by atoms with Crippen LogP contribution in [0.1, 0.15) is 80.2 Å². The van der Waals surface area contributed by atoms with Crippen molar-refractivity contribution in [1.29, 1.82) is 0 Å². The van der Waals surface area contributed by atoms with Gasteiger partial charge in [-0.15, -0.1) is 0 Å². The molecule has 5 rings (SSSR count). The normalized spacial score (nSPS) is 41.1. The Morgan fingerprint density at radius 2 is 1.74 bits per heavy atom. The Labute approximate surface area is 317 Å². The average Bonchev–Trinajstić information content (AvgIpc) is 3.10. The molecular formula is C42H66N2O9. The van der Waals surface area contributed by atoms with Gasteiger partial charge in [0.15, 0.2) is 12.1 Å². The van der Waals surface area contributed by atoms with Crippen LogP contribution < -0.4 is 0 Å². The largest absolute Gasteiger partial charge is 0.459 e. The van der Waals surface area contributed by atoms with E-state index in [0.29, 0.717) is 25.8 Å². The summed E-state index contributed by atoms with van der Waals surface area (Å²) in [6.45, 7) is 15.7. The number of likely N-dealkylation sites (N-methyl/N-ethyl adjacent to an activating group) is 2. The summed E-state index contributed by atoms with van der Waals surface area (Å²) in [5.41, 5.74) is -0.877. The molecule has 0 spiro atoms. The maximum absolute atomic E-state index is 14.4. The van der Waals surface area contributed by atoms with Crippen LogP contribution in [-0.2, 0) is 33.3 Å². The van der Waals surface area contributed by atoms with E-state index < -0.39 is 59.7 Å². The number of ether oxygens (including phenoxy) is 5. The standard InChI is InChI=1S/C42H66N2O9/c1-12-34-42(8,48)38-30(6)44(11)23-26(2)22-41(7,50-25-32(24-49-38)20-16-19-31-17-14-13-15-18-31)37(28(4)35(45)29(5)39(47)52-34)53-40-36(46)33(43(9)10)21-27(3)51-40/h13-20,26-30,33-34,36-38,40,46,48H,12,21-25H2,1-11H3/b19-16+,32-20-/t26-,27-,28+,29?,30-,33+,34-,36-,37-,38+,40+,41-,42-/m1/s1. The number of nitrogens with zero attached hydrogens (tertiary/aromatic N) is 2. The molecule has 2 bridgehead atoms. The molecule has 1 unspecified atom stereocenters. The van der Waals surface area contributed by atoms with Crippen molar-refractivity contribution in [3.63, 3.8) is 0 Å². The van der Waals surface area contributed by atoms with Gasteiger partial charge in [-0.05, 0) is 92.1 Å². The Bertz CT molecular complexity index is 1420. The van der Waals surface area contributed by atoms with Crippen LogP contribution in [-0.4, -0.2) is 133 Å². The van der Waals surface area contributed by atoms with Gasteiger partial charge in [-0.3, -0.25) is 9.59 Å². The Balaban J connectivity index is 1.89. The lowest BCUT2D eigenvalue weighted by Gasteiger charge is -2.48. The highest BCUT2D eigenvalue weighted by Crippen LogP contribution is 2.38. The Hall–Kier alpha value is -2.48. The van der Waals surface area contributed by atoms with Crippen molar-refractivity contribution in [2.75, 3.05) is 40.9 Å². The van der Waals surface area contributed by atoms with Crippen molar-refractivity contribution < 1.29 is 43.5 Å². The first-order valence-corrected chi connectivity index (χ1v) is 19.4. The van der Waals surface area contributed by atoms with Gasteiger partial charge >= 0.3 is 5.97 Å². The summed E-state index contributed by atoms with van der Waals surface area (Å²) in [6, 6.07) is 9.44. The van der Waals surface area contributed by atoms with E-state index in [0.717, 1.165) is 11.1 Å². The van der Waals surface area contributed by atoms with Crippen LogP contribution in [0.15, 0.2) is 48.1 Å². The Kier molecular flexibility index (Phi) is 15.0. The van der Waals surface area contributed by atoms with Gasteiger partial charge < -0.3 is 43.7 Å². The number of esters is 1. The van der Waals surface area contributed by atoms with Gasteiger partial charge in [0.25, 0.3) is 0 Å². The third-order valence-corrected chi connectivity index (χ3v) is 11.6. The van der Waals surface area contributed by atoms with Gasteiger partial charge in [-0.2, -0.15) is 0 Å². The highest BCUT2D eigenvalue weighted by molar-refractivity contribution is 6.00. The SMILES string of the molecule is CC[C@H]1OC(=O)C(C)C(=O)[C@H](C)[C@@H](O[C@@H]2O[C@H](C)C[C@H](N(C)C)[C@H]2O)[C@@]2(C)C[C@@H](C)CN(C)[C@H](C)[C@H](OC/C(=C/C=C/c3ccccc3)CO2)[C@]1(C)O. The summed E-state index contributed by atoms with van der Waals surface area (Å²) < 4.78 is 32.8. The van der Waals surface area contributed by atoms with Gasteiger partial charge in [0.05, 0.1) is 31.0 Å². The quantitative estimate of drug-likeness (QED) is 0.306. The second kappa shape index (κ2) is 18.4. The minimum atomic E-state index is -1.61. The van der Waals surface area contributed by atoms with E-state index in [1.165, 1.54) is 6.92 Å². The van der Waals surface area contributed by atoms with Crippen molar-refractivity contribution in [1.82, 2.24) is 9.80 Å². The number of rotatable bonds is 6. The van der Waals surface area contributed by atoms with Crippen molar-refractivity contribution in [3.8, 4) is 0 Å². The van der Waals surface area contributed by atoms with Crippen molar-refractivity contribution >= 4 is 17.8 Å². The molecule has 2 N–H and O–H groups in total. The fraction of sp³-hybridized carbons (Fsp3) is 0.714. The van der Waals surface area contributed by atoms with Crippen LogP contribution in [0.4, 0.5) is 0 Å². The number of aliphatic hydroxyl groups excluding tert-OH is 1. The van der Waals surface area contributed by atoms with Gasteiger partial charge in [0.1, 0.15) is 29.8 Å². The molecule has 4 saturated heterocycles. The zero-order chi connectivity index (χ0) is 39.2. The minimum Gasteiger partial charge on any atom is -0.459 e. The summed E-state index contributed by atoms with van der Waals surface area (Å²) in [5.74, 6) is -3.13. The number of hydrogen-bond acceptors (Lipinski definition) is 11. The summed E-state index contributed by atoms with van der Waals surface area (Å²) in [5, 5.41) is 23.9. The lowest BCUT2D eigenvalue weighted by Crippen LogP contribution is -2.60. The first kappa shape index (κ1) is 43.3. The molecule has 11 nitrogen and oxygen atoms in total. The Morgan fingerprint density at radius 3 is 2.38 bits per heavy atom. The van der Waals surface area contributed by atoms with Crippen LogP contribution in [0, 0.1) is 17.8 Å². The van der Waals surface area contributed by atoms with Gasteiger partial charge in [0, 0.05) is 24.5 Å². The Morgan fingerprint density at radius 1 is 1.06 bits per heavy atom. The molecule has 11 heteroatoms. The fourth-order valence-corrected chi connectivity index (χ4v) is 8.44. The van der Waals surface area contributed by atoms with Crippen molar-refractivity contribution in [3.05, 3.63) is 53.6 Å². The molecule has 1 aromatic rings. The predicted octanol–water partition coefficient (Wildman–Crippen LogP) is 4.89. The number of benzene rings is 1. The van der Waals surface area contributed by atoms with Crippen molar-refractivity contribution in [2.45, 2.75) is 135 Å². The number of hydrogen-bond donors (Lipinski definition) is 2. The number of allylic oxidation sites excluding steroid dienone is 2. The molecule has 4 aliphatic heterocycles. The van der Waals surface area contributed by atoms with E-state index in [4.69, 9.17) is 23.7 Å². The third kappa shape index (κ3) is 10.4. The molecule has 13 atom stereocenters. The molecule has 53 heavy (non-hydrogen) atoms. The molecule has 4 fully saturated rings. The average molecular weight is 743 g/mol. The van der Waals surface area contributed by atoms with Gasteiger partial charge in [-0.1, -0.05) is 69.3 Å². The molecule has 4 heterocycles. The molecule has 0 aliphatic carbocycles. The number of aliphatic hydroxyl groups is 2. The maximum atomic E-state index is 14.4. The van der Waals surface area contributed by atoms with Crippen LogP contribution in [0.5, 0.6) is 0 Å². The fourth-order valence-electron chi connectivity index (χ4n) is 8.44. The highest BCUT2D eigenvalue weighted by Gasteiger charge is 2.51. The van der Waals surface area contributed by atoms with Gasteiger partial charge in [0.2, 0.25) is 0 Å². The van der Waals surface area contributed by atoms with Crippen LogP contribution in [0.2, 0.25) is 0 Å². The molecule has 4 aliphatic rings. The lowest BCUT2D eigenvalue weighted by atomic mass is 9.78.